The lowest BCUT2D eigenvalue weighted by Gasteiger charge is -2.06. The summed E-state index contributed by atoms with van der Waals surface area (Å²) in [6, 6.07) is 8.47. The first-order valence-electron chi connectivity index (χ1n) is 7.32. The van der Waals surface area contributed by atoms with Crippen molar-refractivity contribution in [1.82, 2.24) is 5.32 Å². The summed E-state index contributed by atoms with van der Waals surface area (Å²) in [7, 11) is 0. The quantitative estimate of drug-likeness (QED) is 0.860. The van der Waals surface area contributed by atoms with Crippen molar-refractivity contribution >= 4 is 11.6 Å². The molecule has 1 fully saturated rings. The fraction of sp³-hybridized carbons (Fsp3) is 0.412. The molecule has 0 aliphatic heterocycles. The van der Waals surface area contributed by atoms with Crippen molar-refractivity contribution < 1.29 is 9.15 Å². The van der Waals surface area contributed by atoms with Crippen molar-refractivity contribution in [3.05, 3.63) is 51.9 Å². The maximum absolute atomic E-state index is 6.01. The minimum absolute atomic E-state index is 0.514. The fourth-order valence-corrected chi connectivity index (χ4v) is 2.34. The molecule has 0 amide bonds. The molecule has 1 aliphatic rings. The van der Waals surface area contributed by atoms with Crippen molar-refractivity contribution in [1.29, 1.82) is 0 Å². The predicted molar refractivity (Wildman–Crippen MR) is 83.8 cm³/mol. The number of hydrogen-bond donors (Lipinski definition) is 1. The van der Waals surface area contributed by atoms with Crippen molar-refractivity contribution in [2.75, 3.05) is 0 Å². The van der Waals surface area contributed by atoms with E-state index in [9.17, 15) is 0 Å². The first-order valence-corrected chi connectivity index (χ1v) is 7.70. The molecule has 1 heterocycles. The monoisotopic (exact) mass is 305 g/mol. The van der Waals surface area contributed by atoms with Crippen LogP contribution >= 0.6 is 11.6 Å². The zero-order chi connectivity index (χ0) is 14.8. The summed E-state index contributed by atoms with van der Waals surface area (Å²) in [5, 5.41) is 4.21. The average molecular weight is 306 g/mol. The van der Waals surface area contributed by atoms with Crippen molar-refractivity contribution in [3.63, 3.8) is 0 Å². The molecular formula is C17H20ClNO2. The normalized spacial score (nSPS) is 14.4. The average Bonchev–Trinajstić information content (AvgIpc) is 3.22. The Hall–Kier alpha value is -1.45. The highest BCUT2D eigenvalue weighted by molar-refractivity contribution is 6.31. The Kier molecular flexibility index (Phi) is 4.22. The third-order valence-electron chi connectivity index (χ3n) is 3.74. The summed E-state index contributed by atoms with van der Waals surface area (Å²) >= 11 is 6.01. The molecular weight excluding hydrogens is 286 g/mol. The summed E-state index contributed by atoms with van der Waals surface area (Å²) in [5.41, 5.74) is 2.11. The maximum Gasteiger partial charge on any atom is 0.120 e. The van der Waals surface area contributed by atoms with Crippen LogP contribution in [0.5, 0.6) is 5.75 Å². The van der Waals surface area contributed by atoms with Crippen LogP contribution in [0.4, 0.5) is 0 Å². The lowest BCUT2D eigenvalue weighted by atomic mass is 10.2. The van der Waals surface area contributed by atoms with E-state index in [2.05, 4.69) is 11.4 Å². The summed E-state index contributed by atoms with van der Waals surface area (Å²) in [6.07, 6.45) is 2.57. The minimum atomic E-state index is 0.514. The highest BCUT2D eigenvalue weighted by Gasteiger charge is 2.20. The van der Waals surface area contributed by atoms with E-state index < -0.39 is 0 Å². The number of halogens is 1. The van der Waals surface area contributed by atoms with Gasteiger partial charge in [-0.15, -0.1) is 0 Å². The van der Waals surface area contributed by atoms with Crippen LogP contribution in [0, 0.1) is 13.8 Å². The molecule has 3 rings (SSSR count). The van der Waals surface area contributed by atoms with E-state index in [0.29, 0.717) is 12.6 Å². The van der Waals surface area contributed by atoms with Crippen LogP contribution in [0.25, 0.3) is 0 Å². The Bertz CT molecular complexity index is 632. The molecule has 1 N–H and O–H groups in total. The summed E-state index contributed by atoms with van der Waals surface area (Å²) in [6.45, 7) is 5.26. The first-order chi connectivity index (χ1) is 10.1. The number of rotatable bonds is 6. The third-order valence-corrected chi connectivity index (χ3v) is 4.16. The van der Waals surface area contributed by atoms with Gasteiger partial charge in [0, 0.05) is 16.6 Å². The lowest BCUT2D eigenvalue weighted by Crippen LogP contribution is -2.14. The fourth-order valence-electron chi connectivity index (χ4n) is 2.22. The van der Waals surface area contributed by atoms with E-state index in [1.165, 1.54) is 12.8 Å². The highest BCUT2D eigenvalue weighted by atomic mass is 35.5. The van der Waals surface area contributed by atoms with E-state index in [4.69, 9.17) is 20.8 Å². The van der Waals surface area contributed by atoms with Crippen molar-refractivity contribution in [2.24, 2.45) is 0 Å². The molecule has 1 saturated carbocycles. The number of hydrogen-bond acceptors (Lipinski definition) is 3. The van der Waals surface area contributed by atoms with Crippen LogP contribution in [-0.2, 0) is 13.2 Å². The standard InChI is InChI=1S/C17H20ClNO2/c1-11-7-15(5-6-17(11)18)20-10-13-8-16(21-12(13)2)9-19-14-3-4-14/h5-8,14,19H,3-4,9-10H2,1-2H3. The van der Waals surface area contributed by atoms with Crippen LogP contribution in [0.3, 0.4) is 0 Å². The zero-order valence-electron chi connectivity index (χ0n) is 12.4. The highest BCUT2D eigenvalue weighted by Crippen LogP contribution is 2.24. The molecule has 0 saturated heterocycles. The maximum atomic E-state index is 6.01. The molecule has 1 aromatic carbocycles. The number of nitrogens with one attached hydrogen (secondary N) is 1. The minimum Gasteiger partial charge on any atom is -0.489 e. The van der Waals surface area contributed by atoms with Gasteiger partial charge in [0.15, 0.2) is 0 Å². The van der Waals surface area contributed by atoms with Gasteiger partial charge in [-0.2, -0.15) is 0 Å². The molecule has 1 aliphatic carbocycles. The molecule has 0 atom stereocenters. The van der Waals surface area contributed by atoms with Crippen molar-refractivity contribution in [2.45, 2.75) is 45.9 Å². The topological polar surface area (TPSA) is 34.4 Å². The van der Waals surface area contributed by atoms with E-state index in [1.54, 1.807) is 0 Å². The van der Waals surface area contributed by atoms with Crippen LogP contribution in [0.1, 0.15) is 35.5 Å². The van der Waals surface area contributed by atoms with Gasteiger partial charge in [0.05, 0.1) is 6.54 Å². The Morgan fingerprint density at radius 3 is 2.81 bits per heavy atom. The Morgan fingerprint density at radius 2 is 2.10 bits per heavy atom. The van der Waals surface area contributed by atoms with Gasteiger partial charge in [-0.1, -0.05) is 11.6 Å². The van der Waals surface area contributed by atoms with E-state index in [-0.39, 0.29) is 0 Å². The SMILES string of the molecule is Cc1cc(OCc2cc(CNC3CC3)oc2C)ccc1Cl. The largest absolute Gasteiger partial charge is 0.489 e. The van der Waals surface area contributed by atoms with Gasteiger partial charge < -0.3 is 14.5 Å². The molecule has 3 nitrogen and oxygen atoms in total. The van der Waals surface area contributed by atoms with Crippen LogP contribution in [0.2, 0.25) is 5.02 Å². The second-order valence-corrected chi connectivity index (χ2v) is 6.06. The van der Waals surface area contributed by atoms with Gasteiger partial charge in [0.2, 0.25) is 0 Å². The molecule has 4 heteroatoms. The van der Waals surface area contributed by atoms with Crippen molar-refractivity contribution in [3.8, 4) is 5.75 Å². The second kappa shape index (κ2) is 6.12. The molecule has 0 bridgehead atoms. The predicted octanol–water partition coefficient (Wildman–Crippen LogP) is 4.38. The molecule has 2 aromatic rings. The van der Waals surface area contributed by atoms with E-state index >= 15 is 0 Å². The summed E-state index contributed by atoms with van der Waals surface area (Å²) in [5.74, 6) is 2.73. The third kappa shape index (κ3) is 3.80. The number of furan rings is 1. The zero-order valence-corrected chi connectivity index (χ0v) is 13.2. The van der Waals surface area contributed by atoms with Crippen LogP contribution in [0.15, 0.2) is 28.7 Å². The van der Waals surface area contributed by atoms with Gasteiger partial charge in [-0.25, -0.2) is 0 Å². The Labute approximate surface area is 130 Å². The molecule has 112 valence electrons. The first kappa shape index (κ1) is 14.5. The van der Waals surface area contributed by atoms with Crippen LogP contribution < -0.4 is 10.1 Å². The second-order valence-electron chi connectivity index (χ2n) is 5.65. The summed E-state index contributed by atoms with van der Waals surface area (Å²) in [4.78, 5) is 0. The Balaban J connectivity index is 1.59. The van der Waals surface area contributed by atoms with Gasteiger partial charge in [0.1, 0.15) is 23.9 Å². The number of ether oxygens (including phenoxy) is 1. The van der Waals surface area contributed by atoms with Gasteiger partial charge in [0.25, 0.3) is 0 Å². The number of aryl methyl sites for hydroxylation is 2. The van der Waals surface area contributed by atoms with Gasteiger partial charge in [-0.05, 0) is 56.5 Å². The molecule has 0 radical (unpaired) electrons. The molecule has 21 heavy (non-hydrogen) atoms. The van der Waals surface area contributed by atoms with Gasteiger partial charge in [-0.3, -0.25) is 0 Å². The lowest BCUT2D eigenvalue weighted by molar-refractivity contribution is 0.303. The smallest absolute Gasteiger partial charge is 0.120 e. The van der Waals surface area contributed by atoms with Gasteiger partial charge >= 0.3 is 0 Å². The Morgan fingerprint density at radius 1 is 1.29 bits per heavy atom. The van der Waals surface area contributed by atoms with Crippen LogP contribution in [-0.4, -0.2) is 6.04 Å². The molecule has 1 aromatic heterocycles. The number of benzene rings is 1. The van der Waals surface area contributed by atoms with E-state index in [0.717, 1.165) is 40.0 Å². The molecule has 0 spiro atoms. The summed E-state index contributed by atoms with van der Waals surface area (Å²) < 4.78 is 11.6. The molecule has 0 unspecified atom stereocenters. The van der Waals surface area contributed by atoms with E-state index in [1.807, 2.05) is 32.0 Å².